The molecule has 3 N–H and O–H groups in total. The van der Waals surface area contributed by atoms with Gasteiger partial charge in [0.2, 0.25) is 0 Å². The molecule has 2 aliphatic carbocycles. The minimum atomic E-state index is -2.23. The predicted octanol–water partition coefficient (Wildman–Crippen LogP) is 0.548. The van der Waals surface area contributed by atoms with E-state index >= 15 is 0 Å². The average Bonchev–Trinajstić information content (AvgIpc) is 2.65. The maximum Gasteiger partial charge on any atom is 0.307 e. The summed E-state index contributed by atoms with van der Waals surface area (Å²) >= 11 is -4.36. The summed E-state index contributed by atoms with van der Waals surface area (Å²) in [6, 6.07) is 0. The number of carbonyl (C=O) groups excluding carboxylic acids is 1. The number of carboxylic acid groups (broad SMARTS) is 1. The number of carboxylic acids is 1. The fraction of sp³-hybridized carbons (Fsp3) is 0.875. The van der Waals surface area contributed by atoms with Gasteiger partial charge in [-0.05, 0) is 38.5 Å². The first-order chi connectivity index (χ1) is 13.3. The number of carbonyl (C=O) groups is 2. The lowest BCUT2D eigenvalue weighted by molar-refractivity contribution is -0.143. The van der Waals surface area contributed by atoms with Gasteiger partial charge in [-0.25, -0.2) is 8.42 Å². The van der Waals surface area contributed by atoms with Crippen LogP contribution in [0.4, 0.5) is 0 Å². The summed E-state index contributed by atoms with van der Waals surface area (Å²) in [5, 5.41) is 7.59. The summed E-state index contributed by atoms with van der Waals surface area (Å²) in [4.78, 5) is 21.7. The van der Waals surface area contributed by atoms with Gasteiger partial charge in [-0.2, -0.15) is 0 Å². The number of hydrogen-bond acceptors (Lipinski definition) is 7. The van der Waals surface area contributed by atoms with Crippen molar-refractivity contribution in [3.05, 3.63) is 0 Å². The van der Waals surface area contributed by atoms with Crippen LogP contribution in [0, 0.1) is 5.92 Å². The van der Waals surface area contributed by atoms with Crippen LogP contribution in [0.3, 0.4) is 0 Å². The Morgan fingerprint density at radius 3 is 1.96 bits per heavy atom. The van der Waals surface area contributed by atoms with Crippen molar-refractivity contribution in [1.29, 1.82) is 0 Å². The maximum absolute atomic E-state index is 11.4. The first kappa shape index (κ1) is 23.4. The molecule has 10 nitrogen and oxygen atoms in total. The van der Waals surface area contributed by atoms with Crippen molar-refractivity contribution in [3.8, 4) is 0 Å². The highest BCUT2D eigenvalue weighted by Crippen LogP contribution is 2.30. The zero-order chi connectivity index (χ0) is 20.7. The predicted molar refractivity (Wildman–Crippen MR) is 98.4 cm³/mol. The van der Waals surface area contributed by atoms with Gasteiger partial charge in [-0.1, -0.05) is 0 Å². The van der Waals surface area contributed by atoms with Crippen LogP contribution in [0.2, 0.25) is 0 Å². The summed E-state index contributed by atoms with van der Waals surface area (Å²) in [6.07, 6.45) is 1.11. The second-order valence-corrected chi connectivity index (χ2v) is 9.27. The second kappa shape index (κ2) is 11.3. The summed E-state index contributed by atoms with van der Waals surface area (Å²) in [5.74, 6) is -1.92. The van der Waals surface area contributed by atoms with Crippen molar-refractivity contribution in [2.75, 3.05) is 13.2 Å². The van der Waals surface area contributed by atoms with Gasteiger partial charge in [-0.3, -0.25) is 9.59 Å². The van der Waals surface area contributed by atoms with E-state index in [0.717, 1.165) is 0 Å². The molecule has 0 aromatic carbocycles. The Bertz CT molecular complexity index is 586. The molecule has 8 unspecified atom stereocenters. The van der Waals surface area contributed by atoms with Gasteiger partial charge in [0.15, 0.2) is 22.2 Å². The van der Waals surface area contributed by atoms with Crippen molar-refractivity contribution in [2.24, 2.45) is 5.92 Å². The minimum Gasteiger partial charge on any atom is -0.481 e. The molecule has 0 saturated heterocycles. The highest BCUT2D eigenvalue weighted by molar-refractivity contribution is 7.80. The molecule has 2 fully saturated rings. The van der Waals surface area contributed by atoms with E-state index in [0.29, 0.717) is 19.3 Å². The van der Waals surface area contributed by atoms with Crippen molar-refractivity contribution in [1.82, 2.24) is 0 Å². The summed E-state index contributed by atoms with van der Waals surface area (Å²) in [5.41, 5.74) is 0. The van der Waals surface area contributed by atoms with Gasteiger partial charge in [-0.15, -0.1) is 0 Å². The SMILES string of the molecule is O=COC1CCC(OCCOC2CCC(C(=O)O)C(S(=O)O)C2)CC1S(=O)O. The van der Waals surface area contributed by atoms with Gasteiger partial charge < -0.3 is 28.4 Å². The Balaban J connectivity index is 1.73. The van der Waals surface area contributed by atoms with Gasteiger partial charge in [0, 0.05) is 0 Å². The normalized spacial score (nSPS) is 35.6. The topological polar surface area (TPSA) is 157 Å². The van der Waals surface area contributed by atoms with E-state index in [1.165, 1.54) is 0 Å². The molecule has 2 rings (SSSR count). The average molecular weight is 443 g/mol. The van der Waals surface area contributed by atoms with Gasteiger partial charge >= 0.3 is 5.97 Å². The summed E-state index contributed by atoms with van der Waals surface area (Å²) < 4.78 is 57.8. The van der Waals surface area contributed by atoms with Crippen LogP contribution in [-0.2, 0) is 46.0 Å². The van der Waals surface area contributed by atoms with Crippen LogP contribution in [0.5, 0.6) is 0 Å². The van der Waals surface area contributed by atoms with E-state index in [-0.39, 0.29) is 51.2 Å². The van der Waals surface area contributed by atoms with Crippen LogP contribution in [0.25, 0.3) is 0 Å². The lowest BCUT2D eigenvalue weighted by Gasteiger charge is -2.33. The molecule has 12 heteroatoms. The zero-order valence-corrected chi connectivity index (χ0v) is 16.8. The van der Waals surface area contributed by atoms with Crippen LogP contribution >= 0.6 is 0 Å². The van der Waals surface area contributed by atoms with Gasteiger partial charge in [0.25, 0.3) is 6.47 Å². The zero-order valence-electron chi connectivity index (χ0n) is 15.2. The molecular formula is C16H26O10S2. The highest BCUT2D eigenvalue weighted by Gasteiger charge is 2.39. The van der Waals surface area contributed by atoms with E-state index in [1.54, 1.807) is 0 Å². The summed E-state index contributed by atoms with van der Waals surface area (Å²) in [7, 11) is 0. The van der Waals surface area contributed by atoms with Crippen molar-refractivity contribution in [2.45, 2.75) is 67.3 Å². The standard InChI is InChI=1S/C16H26O10S2/c17-9-26-13-4-2-11(8-15(13)28(22)23)25-6-5-24-10-1-3-12(16(18)19)14(7-10)27(20)21/h9-15H,1-8H2,(H,18,19)(H,20,21)(H,22,23). The third-order valence-electron chi connectivity index (χ3n) is 5.28. The van der Waals surface area contributed by atoms with Crippen LogP contribution < -0.4 is 0 Å². The van der Waals surface area contributed by atoms with Gasteiger partial charge in [0.1, 0.15) is 6.10 Å². The molecule has 2 saturated carbocycles. The number of ether oxygens (including phenoxy) is 3. The lowest BCUT2D eigenvalue weighted by atomic mass is 9.87. The largest absolute Gasteiger partial charge is 0.481 e. The third-order valence-corrected chi connectivity index (χ3v) is 7.34. The van der Waals surface area contributed by atoms with Crippen LogP contribution in [0.1, 0.15) is 38.5 Å². The molecule has 8 atom stereocenters. The first-order valence-electron chi connectivity index (χ1n) is 9.07. The Morgan fingerprint density at radius 1 is 0.929 bits per heavy atom. The molecule has 0 radical (unpaired) electrons. The lowest BCUT2D eigenvalue weighted by Crippen LogP contribution is -2.42. The molecule has 0 aliphatic heterocycles. The van der Waals surface area contributed by atoms with Crippen LogP contribution in [-0.4, -0.2) is 77.1 Å². The first-order valence-corrected chi connectivity index (χ1v) is 11.4. The molecule has 0 heterocycles. The smallest absolute Gasteiger partial charge is 0.307 e. The van der Waals surface area contributed by atoms with Crippen molar-refractivity contribution < 1.29 is 46.4 Å². The number of aliphatic carboxylic acids is 1. The van der Waals surface area contributed by atoms with E-state index in [1.807, 2.05) is 0 Å². The fourth-order valence-corrected chi connectivity index (χ4v) is 5.59. The highest BCUT2D eigenvalue weighted by atomic mass is 32.2. The van der Waals surface area contributed by atoms with Crippen molar-refractivity contribution >= 4 is 34.6 Å². The molecular weight excluding hydrogens is 416 g/mol. The van der Waals surface area contributed by atoms with E-state index < -0.39 is 50.7 Å². The Morgan fingerprint density at radius 2 is 1.46 bits per heavy atom. The monoisotopic (exact) mass is 442 g/mol. The molecule has 2 aliphatic rings. The minimum absolute atomic E-state index is 0.194. The Kier molecular flexibility index (Phi) is 9.44. The van der Waals surface area contributed by atoms with E-state index in [2.05, 4.69) is 0 Å². The quantitative estimate of drug-likeness (QED) is 0.248. The summed E-state index contributed by atoms with van der Waals surface area (Å²) in [6.45, 7) is 0.747. The molecule has 28 heavy (non-hydrogen) atoms. The number of rotatable bonds is 10. The van der Waals surface area contributed by atoms with Gasteiger partial charge in [0.05, 0.1) is 41.8 Å². The Labute approximate surface area is 167 Å². The van der Waals surface area contributed by atoms with Crippen molar-refractivity contribution in [3.63, 3.8) is 0 Å². The molecule has 162 valence electrons. The second-order valence-electron chi connectivity index (χ2n) is 6.96. The fourth-order valence-electron chi connectivity index (χ4n) is 3.83. The molecule has 0 aromatic rings. The molecule has 0 bridgehead atoms. The van der Waals surface area contributed by atoms with E-state index in [4.69, 9.17) is 19.3 Å². The Hall–Kier alpha value is -0.920. The number of hydrogen-bond donors (Lipinski definition) is 3. The molecule has 0 amide bonds. The van der Waals surface area contributed by atoms with Crippen LogP contribution in [0.15, 0.2) is 0 Å². The van der Waals surface area contributed by atoms with E-state index in [9.17, 15) is 27.1 Å². The molecule has 0 spiro atoms. The maximum atomic E-state index is 11.4. The third kappa shape index (κ3) is 6.56. The molecule has 0 aromatic heterocycles.